The lowest BCUT2D eigenvalue weighted by atomic mass is 9.95. The number of rotatable bonds is 2. The Kier molecular flexibility index (Phi) is 4.29. The molecule has 0 amide bonds. The van der Waals surface area contributed by atoms with E-state index in [9.17, 15) is 31.1 Å². The van der Waals surface area contributed by atoms with Gasteiger partial charge in [-0.05, 0) is 35.4 Å². The summed E-state index contributed by atoms with van der Waals surface area (Å²) in [6.07, 6.45) is -9.01. The second-order valence-electron chi connectivity index (χ2n) is 5.58. The molecule has 0 spiro atoms. The highest BCUT2D eigenvalue weighted by atomic mass is 19.4. The molecule has 0 N–H and O–H groups in total. The first-order valence-electron chi connectivity index (χ1n) is 7.33. The molecule has 0 radical (unpaired) electrons. The molecule has 1 aliphatic rings. The molecule has 0 bridgehead atoms. The van der Waals surface area contributed by atoms with Crippen LogP contribution in [0.4, 0.5) is 26.3 Å². The summed E-state index contributed by atoms with van der Waals surface area (Å²) in [5.74, 6) is -0.736. The minimum absolute atomic E-state index is 0.0403. The SMILES string of the molecule is O=C1OCC(c2ccc(C(F)(F)F)cc2)=C1c1ccc(C(F)(F)F)cc1. The molecule has 1 heterocycles. The van der Waals surface area contributed by atoms with Gasteiger partial charge < -0.3 is 4.74 Å². The van der Waals surface area contributed by atoms with E-state index in [1.165, 1.54) is 12.1 Å². The number of carbonyl (C=O) groups is 1. The first-order chi connectivity index (χ1) is 12.1. The van der Waals surface area contributed by atoms with Gasteiger partial charge in [0.15, 0.2) is 0 Å². The van der Waals surface area contributed by atoms with Crippen molar-refractivity contribution in [2.24, 2.45) is 0 Å². The monoisotopic (exact) mass is 372 g/mol. The van der Waals surface area contributed by atoms with Crippen LogP contribution in [-0.4, -0.2) is 12.6 Å². The average Bonchev–Trinajstić information content (AvgIpc) is 2.95. The molecule has 0 atom stereocenters. The van der Waals surface area contributed by atoms with E-state index in [-0.39, 0.29) is 17.7 Å². The molecule has 0 saturated carbocycles. The number of alkyl halides is 6. The maximum atomic E-state index is 12.7. The van der Waals surface area contributed by atoms with E-state index in [1.54, 1.807) is 0 Å². The molecule has 2 aromatic rings. The Balaban J connectivity index is 2.02. The summed E-state index contributed by atoms with van der Waals surface area (Å²) in [5.41, 5.74) is -0.816. The molecule has 8 heteroatoms. The van der Waals surface area contributed by atoms with Crippen LogP contribution >= 0.6 is 0 Å². The Bertz CT molecular complexity index is 859. The van der Waals surface area contributed by atoms with E-state index < -0.39 is 29.4 Å². The fraction of sp³-hybridized carbons (Fsp3) is 0.167. The van der Waals surface area contributed by atoms with Crippen molar-refractivity contribution in [1.82, 2.24) is 0 Å². The van der Waals surface area contributed by atoms with E-state index in [0.717, 1.165) is 36.4 Å². The topological polar surface area (TPSA) is 26.3 Å². The largest absolute Gasteiger partial charge is 0.457 e. The number of cyclic esters (lactones) is 1. The van der Waals surface area contributed by atoms with E-state index in [1.807, 2.05) is 0 Å². The van der Waals surface area contributed by atoms with Crippen LogP contribution in [0, 0.1) is 0 Å². The number of halogens is 6. The molecule has 0 fully saturated rings. The smallest absolute Gasteiger partial charge is 0.416 e. The summed E-state index contributed by atoms with van der Waals surface area (Å²) in [7, 11) is 0. The number of esters is 1. The van der Waals surface area contributed by atoms with Crippen LogP contribution in [0.3, 0.4) is 0 Å². The zero-order valence-corrected chi connectivity index (χ0v) is 12.9. The molecule has 0 saturated heterocycles. The number of hydrogen-bond donors (Lipinski definition) is 0. The first kappa shape index (κ1) is 18.0. The van der Waals surface area contributed by atoms with Crippen molar-refractivity contribution < 1.29 is 35.9 Å². The Labute approximate surface area is 143 Å². The van der Waals surface area contributed by atoms with Crippen molar-refractivity contribution in [3.05, 3.63) is 70.8 Å². The molecular formula is C18H10F6O2. The van der Waals surface area contributed by atoms with Gasteiger partial charge in [0.2, 0.25) is 0 Å². The fourth-order valence-electron chi connectivity index (χ4n) is 2.61. The van der Waals surface area contributed by atoms with E-state index in [4.69, 9.17) is 4.74 Å². The minimum atomic E-state index is -4.51. The molecule has 3 rings (SSSR count). The van der Waals surface area contributed by atoms with Crippen molar-refractivity contribution in [2.75, 3.05) is 6.61 Å². The van der Waals surface area contributed by atoms with Crippen molar-refractivity contribution in [3.8, 4) is 0 Å². The fourth-order valence-corrected chi connectivity index (χ4v) is 2.61. The predicted molar refractivity (Wildman–Crippen MR) is 80.7 cm³/mol. The van der Waals surface area contributed by atoms with Gasteiger partial charge in [-0.1, -0.05) is 24.3 Å². The molecule has 136 valence electrons. The molecule has 0 unspecified atom stereocenters. The Morgan fingerprint density at radius 1 is 0.692 bits per heavy atom. The zero-order valence-electron chi connectivity index (χ0n) is 12.9. The Hall–Kier alpha value is -2.77. The second-order valence-corrected chi connectivity index (χ2v) is 5.58. The van der Waals surface area contributed by atoms with E-state index in [0.29, 0.717) is 11.1 Å². The highest BCUT2D eigenvalue weighted by molar-refractivity contribution is 6.27. The molecule has 0 aromatic heterocycles. The Morgan fingerprint density at radius 3 is 1.54 bits per heavy atom. The molecule has 26 heavy (non-hydrogen) atoms. The van der Waals surface area contributed by atoms with Gasteiger partial charge in [-0.2, -0.15) is 26.3 Å². The second kappa shape index (κ2) is 6.19. The highest BCUT2D eigenvalue weighted by Gasteiger charge is 2.33. The van der Waals surface area contributed by atoms with Gasteiger partial charge in [-0.3, -0.25) is 0 Å². The van der Waals surface area contributed by atoms with Crippen LogP contribution in [0.5, 0.6) is 0 Å². The van der Waals surface area contributed by atoms with Crippen LogP contribution in [0.15, 0.2) is 48.5 Å². The van der Waals surface area contributed by atoms with Crippen molar-refractivity contribution in [1.29, 1.82) is 0 Å². The number of benzene rings is 2. The quantitative estimate of drug-likeness (QED) is 0.536. The summed E-state index contributed by atoms with van der Waals surface area (Å²) in [6, 6.07) is 8.07. The van der Waals surface area contributed by atoms with Gasteiger partial charge in [-0.15, -0.1) is 0 Å². The lowest BCUT2D eigenvalue weighted by molar-refractivity contribution is -0.138. The zero-order chi connectivity index (χ0) is 19.1. The maximum Gasteiger partial charge on any atom is 0.416 e. The van der Waals surface area contributed by atoms with Crippen LogP contribution < -0.4 is 0 Å². The normalized spacial score (nSPS) is 15.4. The predicted octanol–water partition coefficient (Wildman–Crippen LogP) is 5.19. The van der Waals surface area contributed by atoms with Gasteiger partial charge in [-0.25, -0.2) is 4.79 Å². The van der Waals surface area contributed by atoms with Gasteiger partial charge >= 0.3 is 18.3 Å². The molecule has 1 aliphatic heterocycles. The number of hydrogen-bond acceptors (Lipinski definition) is 2. The molecule has 2 nitrogen and oxygen atoms in total. The van der Waals surface area contributed by atoms with E-state index >= 15 is 0 Å². The number of carbonyl (C=O) groups excluding carboxylic acids is 1. The van der Waals surface area contributed by atoms with Crippen molar-refractivity contribution in [2.45, 2.75) is 12.4 Å². The van der Waals surface area contributed by atoms with Crippen LogP contribution in [0.2, 0.25) is 0 Å². The third kappa shape index (κ3) is 3.44. The summed E-state index contributed by atoms with van der Waals surface area (Å²) < 4.78 is 80.8. The standard InChI is InChI=1S/C18H10F6O2/c19-17(20,21)12-5-1-10(2-6-12)14-9-26-16(25)15(14)11-3-7-13(8-4-11)18(22,23)24/h1-8H,9H2. The van der Waals surface area contributed by atoms with Gasteiger partial charge in [0.1, 0.15) is 6.61 Å². The minimum Gasteiger partial charge on any atom is -0.457 e. The molecular weight excluding hydrogens is 362 g/mol. The number of ether oxygens (including phenoxy) is 1. The van der Waals surface area contributed by atoms with Crippen LogP contribution in [0.25, 0.3) is 11.1 Å². The summed E-state index contributed by atoms with van der Waals surface area (Å²) >= 11 is 0. The average molecular weight is 372 g/mol. The lowest BCUT2D eigenvalue weighted by Crippen LogP contribution is -2.05. The summed E-state index contributed by atoms with van der Waals surface area (Å²) in [4.78, 5) is 12.0. The molecule has 2 aromatic carbocycles. The summed E-state index contributed by atoms with van der Waals surface area (Å²) in [5, 5.41) is 0. The highest BCUT2D eigenvalue weighted by Crippen LogP contribution is 2.36. The molecule has 0 aliphatic carbocycles. The third-order valence-corrected chi connectivity index (χ3v) is 3.92. The van der Waals surface area contributed by atoms with E-state index in [2.05, 4.69) is 0 Å². The van der Waals surface area contributed by atoms with Gasteiger partial charge in [0.05, 0.1) is 16.7 Å². The third-order valence-electron chi connectivity index (χ3n) is 3.92. The van der Waals surface area contributed by atoms with Crippen LogP contribution in [-0.2, 0) is 21.9 Å². The first-order valence-corrected chi connectivity index (χ1v) is 7.33. The van der Waals surface area contributed by atoms with Crippen molar-refractivity contribution in [3.63, 3.8) is 0 Å². The summed E-state index contributed by atoms with van der Waals surface area (Å²) in [6.45, 7) is -0.166. The lowest BCUT2D eigenvalue weighted by Gasteiger charge is -2.10. The maximum absolute atomic E-state index is 12.7. The van der Waals surface area contributed by atoms with Crippen LogP contribution in [0.1, 0.15) is 22.3 Å². The van der Waals surface area contributed by atoms with Crippen molar-refractivity contribution >= 4 is 17.1 Å². The van der Waals surface area contributed by atoms with Gasteiger partial charge in [0, 0.05) is 5.57 Å². The Morgan fingerprint density at radius 2 is 1.12 bits per heavy atom. The van der Waals surface area contributed by atoms with Gasteiger partial charge in [0.25, 0.3) is 0 Å².